The number of carbonyl (C=O) groups is 1. The van der Waals surface area contributed by atoms with Crippen LogP contribution in [0.1, 0.15) is 46.0 Å². The van der Waals surface area contributed by atoms with Crippen molar-refractivity contribution in [3.05, 3.63) is 24.3 Å². The lowest BCUT2D eigenvalue weighted by Gasteiger charge is -2.28. The normalized spacial score (nSPS) is 15.0. The maximum atomic E-state index is 12.2. The summed E-state index contributed by atoms with van der Waals surface area (Å²) in [7, 11) is 0. The molecule has 1 heterocycles. The lowest BCUT2D eigenvalue weighted by Crippen LogP contribution is -2.33. The first-order valence-electron chi connectivity index (χ1n) is 9.10. The van der Waals surface area contributed by atoms with Crippen LogP contribution in [0.15, 0.2) is 24.3 Å². The van der Waals surface area contributed by atoms with Crippen LogP contribution in [0.25, 0.3) is 0 Å². The molecule has 0 aromatic heterocycles. The van der Waals surface area contributed by atoms with Crippen LogP contribution >= 0.6 is 0 Å². The Morgan fingerprint density at radius 2 is 1.83 bits per heavy atom. The number of piperidine rings is 1. The van der Waals surface area contributed by atoms with Gasteiger partial charge in [0.1, 0.15) is 0 Å². The standard InChI is InChI=1S/C19H31N3O/c1-3-5-13-21(4-2)16-19(23)20-17-9-11-18(12-10-17)22-14-7-6-8-15-22/h9-12H,3-8,13-16H2,1-2H3,(H,20,23). The zero-order valence-corrected chi connectivity index (χ0v) is 14.7. The van der Waals surface area contributed by atoms with Crippen LogP contribution in [0.2, 0.25) is 0 Å². The number of nitrogens with zero attached hydrogens (tertiary/aromatic N) is 2. The predicted octanol–water partition coefficient (Wildman–Crippen LogP) is 3.74. The highest BCUT2D eigenvalue weighted by atomic mass is 16.2. The minimum absolute atomic E-state index is 0.0775. The van der Waals surface area contributed by atoms with Gasteiger partial charge < -0.3 is 10.2 Å². The molecule has 1 amide bonds. The van der Waals surface area contributed by atoms with E-state index < -0.39 is 0 Å². The van der Waals surface area contributed by atoms with Crippen molar-refractivity contribution in [3.8, 4) is 0 Å². The van der Waals surface area contributed by atoms with Gasteiger partial charge in [0.15, 0.2) is 0 Å². The van der Waals surface area contributed by atoms with Crippen molar-refractivity contribution in [2.24, 2.45) is 0 Å². The summed E-state index contributed by atoms with van der Waals surface area (Å²) >= 11 is 0. The van der Waals surface area contributed by atoms with Crippen molar-refractivity contribution in [3.63, 3.8) is 0 Å². The van der Waals surface area contributed by atoms with Gasteiger partial charge in [-0.05, 0) is 63.0 Å². The van der Waals surface area contributed by atoms with Gasteiger partial charge in [-0.3, -0.25) is 9.69 Å². The molecule has 1 aliphatic heterocycles. The van der Waals surface area contributed by atoms with E-state index in [2.05, 4.69) is 41.1 Å². The molecule has 1 aromatic rings. The van der Waals surface area contributed by atoms with E-state index in [-0.39, 0.29) is 5.91 Å². The molecule has 0 atom stereocenters. The van der Waals surface area contributed by atoms with E-state index in [1.807, 2.05) is 12.1 Å². The van der Waals surface area contributed by atoms with Gasteiger partial charge in [-0.2, -0.15) is 0 Å². The number of benzene rings is 1. The van der Waals surface area contributed by atoms with Crippen molar-refractivity contribution >= 4 is 17.3 Å². The summed E-state index contributed by atoms with van der Waals surface area (Å²) in [4.78, 5) is 16.8. The van der Waals surface area contributed by atoms with E-state index in [0.29, 0.717) is 6.54 Å². The van der Waals surface area contributed by atoms with Crippen LogP contribution in [-0.4, -0.2) is 43.5 Å². The fourth-order valence-electron chi connectivity index (χ4n) is 3.04. The molecule has 2 rings (SSSR count). The monoisotopic (exact) mass is 317 g/mol. The molecule has 0 spiro atoms. The van der Waals surface area contributed by atoms with Crippen molar-refractivity contribution in [1.29, 1.82) is 0 Å². The highest BCUT2D eigenvalue weighted by Gasteiger charge is 2.12. The molecule has 23 heavy (non-hydrogen) atoms. The molecule has 0 radical (unpaired) electrons. The Morgan fingerprint density at radius 1 is 1.13 bits per heavy atom. The molecule has 1 aromatic carbocycles. The van der Waals surface area contributed by atoms with Gasteiger partial charge in [0.2, 0.25) is 5.91 Å². The summed E-state index contributed by atoms with van der Waals surface area (Å²) in [5, 5.41) is 3.01. The number of amides is 1. The predicted molar refractivity (Wildman–Crippen MR) is 98.2 cm³/mol. The van der Waals surface area contributed by atoms with Crippen molar-refractivity contribution in [2.45, 2.75) is 46.0 Å². The van der Waals surface area contributed by atoms with Gasteiger partial charge in [0.05, 0.1) is 6.54 Å². The van der Waals surface area contributed by atoms with Gasteiger partial charge >= 0.3 is 0 Å². The highest BCUT2D eigenvalue weighted by molar-refractivity contribution is 5.92. The first-order chi connectivity index (χ1) is 11.2. The van der Waals surface area contributed by atoms with Crippen molar-refractivity contribution in [1.82, 2.24) is 4.90 Å². The Hall–Kier alpha value is -1.55. The van der Waals surface area contributed by atoms with Crippen LogP contribution < -0.4 is 10.2 Å². The smallest absolute Gasteiger partial charge is 0.238 e. The molecule has 1 fully saturated rings. The molecular weight excluding hydrogens is 286 g/mol. The van der Waals surface area contributed by atoms with E-state index in [4.69, 9.17) is 0 Å². The maximum absolute atomic E-state index is 12.2. The molecule has 4 heteroatoms. The molecule has 128 valence electrons. The molecule has 0 unspecified atom stereocenters. The van der Waals surface area contributed by atoms with Crippen molar-refractivity contribution < 1.29 is 4.79 Å². The number of rotatable bonds is 8. The van der Waals surface area contributed by atoms with Crippen LogP contribution in [-0.2, 0) is 4.79 Å². The third kappa shape index (κ3) is 5.87. The lowest BCUT2D eigenvalue weighted by molar-refractivity contribution is -0.117. The average Bonchev–Trinajstić information content (AvgIpc) is 2.60. The number of carbonyl (C=O) groups excluding carboxylic acids is 1. The number of unbranched alkanes of at least 4 members (excludes halogenated alkanes) is 1. The average molecular weight is 317 g/mol. The van der Waals surface area contributed by atoms with E-state index in [9.17, 15) is 4.79 Å². The van der Waals surface area contributed by atoms with Crippen LogP contribution in [0.3, 0.4) is 0 Å². The molecule has 0 saturated carbocycles. The summed E-state index contributed by atoms with van der Waals surface area (Å²) in [6.07, 6.45) is 6.21. The molecule has 0 bridgehead atoms. The Balaban J connectivity index is 1.83. The summed E-state index contributed by atoms with van der Waals surface area (Å²) in [6.45, 7) is 8.97. The SMILES string of the molecule is CCCCN(CC)CC(=O)Nc1ccc(N2CCCCC2)cc1. The van der Waals surface area contributed by atoms with Crippen LogP contribution in [0.4, 0.5) is 11.4 Å². The van der Waals surface area contributed by atoms with Crippen molar-refractivity contribution in [2.75, 3.05) is 42.9 Å². The van der Waals surface area contributed by atoms with E-state index in [1.54, 1.807) is 0 Å². The fourth-order valence-corrected chi connectivity index (χ4v) is 3.04. The van der Waals surface area contributed by atoms with Gasteiger partial charge in [0.25, 0.3) is 0 Å². The second kappa shape index (κ2) is 9.56. The second-order valence-corrected chi connectivity index (χ2v) is 6.37. The number of hydrogen-bond acceptors (Lipinski definition) is 3. The fraction of sp³-hybridized carbons (Fsp3) is 0.632. The number of likely N-dealkylation sites (N-methyl/N-ethyl adjacent to an activating group) is 1. The summed E-state index contributed by atoms with van der Waals surface area (Å²) < 4.78 is 0. The van der Waals surface area contributed by atoms with E-state index >= 15 is 0 Å². The lowest BCUT2D eigenvalue weighted by atomic mass is 10.1. The van der Waals surface area contributed by atoms with Gasteiger partial charge in [-0.15, -0.1) is 0 Å². The van der Waals surface area contributed by atoms with E-state index in [0.717, 1.165) is 44.7 Å². The van der Waals surface area contributed by atoms with Crippen LogP contribution in [0, 0.1) is 0 Å². The minimum atomic E-state index is 0.0775. The molecule has 0 aliphatic carbocycles. The Bertz CT molecular complexity index is 466. The van der Waals surface area contributed by atoms with Gasteiger partial charge in [0, 0.05) is 24.5 Å². The molecule has 1 aliphatic rings. The third-order valence-electron chi connectivity index (χ3n) is 4.51. The third-order valence-corrected chi connectivity index (χ3v) is 4.51. The number of hydrogen-bond donors (Lipinski definition) is 1. The summed E-state index contributed by atoms with van der Waals surface area (Å²) in [6, 6.07) is 8.28. The minimum Gasteiger partial charge on any atom is -0.372 e. The van der Waals surface area contributed by atoms with Gasteiger partial charge in [-0.25, -0.2) is 0 Å². The highest BCUT2D eigenvalue weighted by Crippen LogP contribution is 2.21. The largest absolute Gasteiger partial charge is 0.372 e. The number of anilines is 2. The first-order valence-corrected chi connectivity index (χ1v) is 9.10. The molecule has 4 nitrogen and oxygen atoms in total. The second-order valence-electron chi connectivity index (χ2n) is 6.37. The Labute approximate surface area is 140 Å². The quantitative estimate of drug-likeness (QED) is 0.793. The van der Waals surface area contributed by atoms with Gasteiger partial charge in [-0.1, -0.05) is 20.3 Å². The first kappa shape index (κ1) is 17.8. The Kier molecular flexibility index (Phi) is 7.40. The summed E-state index contributed by atoms with van der Waals surface area (Å²) in [5.41, 5.74) is 2.16. The molecular formula is C19H31N3O. The van der Waals surface area contributed by atoms with E-state index in [1.165, 1.54) is 24.9 Å². The molecule has 1 saturated heterocycles. The Morgan fingerprint density at radius 3 is 2.43 bits per heavy atom. The summed E-state index contributed by atoms with van der Waals surface area (Å²) in [5.74, 6) is 0.0775. The topological polar surface area (TPSA) is 35.6 Å². The van der Waals surface area contributed by atoms with Crippen LogP contribution in [0.5, 0.6) is 0 Å². The zero-order valence-electron chi connectivity index (χ0n) is 14.7. The molecule has 1 N–H and O–H groups in total. The zero-order chi connectivity index (χ0) is 16.5. The number of nitrogens with one attached hydrogen (secondary N) is 1. The maximum Gasteiger partial charge on any atom is 0.238 e.